The van der Waals surface area contributed by atoms with Crippen LogP contribution in [0.4, 0.5) is 5.69 Å². The molecule has 0 N–H and O–H groups in total. The van der Waals surface area contributed by atoms with E-state index in [1.54, 1.807) is 0 Å². The number of anilines is 1. The highest BCUT2D eigenvalue weighted by Gasteiger charge is 2.22. The van der Waals surface area contributed by atoms with Crippen LogP contribution in [-0.2, 0) is 11.8 Å². The van der Waals surface area contributed by atoms with E-state index in [2.05, 4.69) is 22.9 Å². The van der Waals surface area contributed by atoms with Gasteiger partial charge in [0.05, 0.1) is 18.9 Å². The van der Waals surface area contributed by atoms with Crippen molar-refractivity contribution in [3.05, 3.63) is 23.5 Å². The van der Waals surface area contributed by atoms with Crippen molar-refractivity contribution in [2.24, 2.45) is 7.05 Å². The number of morpholine rings is 1. The monoisotopic (exact) mass is 265 g/mol. The number of hydrogen-bond donors (Lipinski definition) is 0. The molecule has 18 heavy (non-hydrogen) atoms. The number of ether oxygens (including phenoxy) is 1. The van der Waals surface area contributed by atoms with Gasteiger partial charge in [-0.25, -0.2) is 4.98 Å². The van der Waals surface area contributed by atoms with E-state index in [-0.39, 0.29) is 0 Å². The van der Waals surface area contributed by atoms with Gasteiger partial charge >= 0.3 is 0 Å². The van der Waals surface area contributed by atoms with Crippen LogP contribution >= 0.6 is 11.6 Å². The molecule has 4 nitrogen and oxygen atoms in total. The first-order valence-corrected chi connectivity index (χ1v) is 6.50. The lowest BCUT2D eigenvalue weighted by atomic mass is 10.2. The van der Waals surface area contributed by atoms with Crippen LogP contribution in [0.1, 0.15) is 6.92 Å². The minimum atomic E-state index is 0.362. The molecule has 1 fully saturated rings. The van der Waals surface area contributed by atoms with Crippen molar-refractivity contribution in [2.75, 3.05) is 24.7 Å². The maximum Gasteiger partial charge on any atom is 0.143 e. The first kappa shape index (κ1) is 11.8. The average molecular weight is 266 g/mol. The third-order valence-electron chi connectivity index (χ3n) is 3.46. The molecule has 0 radical (unpaired) electrons. The van der Waals surface area contributed by atoms with Crippen molar-refractivity contribution in [3.8, 4) is 0 Å². The van der Waals surface area contributed by atoms with Gasteiger partial charge in [-0.1, -0.05) is 11.6 Å². The van der Waals surface area contributed by atoms with Gasteiger partial charge in [0.1, 0.15) is 10.8 Å². The smallest absolute Gasteiger partial charge is 0.143 e. The molecule has 2 aromatic rings. The lowest BCUT2D eigenvalue weighted by Gasteiger charge is -2.35. The lowest BCUT2D eigenvalue weighted by molar-refractivity contribution is 0.0991. The largest absolute Gasteiger partial charge is 0.377 e. The molecule has 1 atom stereocenters. The Morgan fingerprint density at radius 3 is 3.11 bits per heavy atom. The number of aromatic nitrogens is 2. The molecule has 2 aromatic heterocycles. The second kappa shape index (κ2) is 4.44. The molecule has 0 spiro atoms. The summed E-state index contributed by atoms with van der Waals surface area (Å²) in [6, 6.07) is 4.41. The molecule has 0 saturated carbocycles. The Morgan fingerprint density at radius 2 is 2.33 bits per heavy atom. The van der Waals surface area contributed by atoms with E-state index in [0.29, 0.717) is 11.2 Å². The van der Waals surface area contributed by atoms with Crippen LogP contribution in [0.5, 0.6) is 0 Å². The molecule has 1 aliphatic rings. The molecule has 3 rings (SSSR count). The highest BCUT2D eigenvalue weighted by Crippen LogP contribution is 2.31. The van der Waals surface area contributed by atoms with Crippen LogP contribution in [0.3, 0.4) is 0 Å². The highest BCUT2D eigenvalue weighted by atomic mass is 35.5. The number of halogens is 1. The maximum absolute atomic E-state index is 6.14. The van der Waals surface area contributed by atoms with E-state index < -0.39 is 0 Å². The van der Waals surface area contributed by atoms with Gasteiger partial charge in [-0.15, -0.1) is 0 Å². The molecule has 1 aliphatic heterocycles. The Hall–Kier alpha value is -1.26. The minimum absolute atomic E-state index is 0.362. The van der Waals surface area contributed by atoms with Gasteiger partial charge in [-0.2, -0.15) is 0 Å². The summed E-state index contributed by atoms with van der Waals surface area (Å²) < 4.78 is 7.48. The van der Waals surface area contributed by atoms with Gasteiger partial charge in [0.15, 0.2) is 0 Å². The zero-order valence-corrected chi connectivity index (χ0v) is 11.3. The fourth-order valence-electron chi connectivity index (χ4n) is 2.51. The number of fused-ring (bicyclic) bond motifs is 1. The van der Waals surface area contributed by atoms with Crippen molar-refractivity contribution in [3.63, 3.8) is 0 Å². The molecule has 5 heteroatoms. The van der Waals surface area contributed by atoms with E-state index in [0.717, 1.165) is 36.5 Å². The Bertz CT molecular complexity index is 581. The third kappa shape index (κ3) is 1.85. The topological polar surface area (TPSA) is 30.3 Å². The number of nitrogens with zero attached hydrogens (tertiary/aromatic N) is 3. The lowest BCUT2D eigenvalue weighted by Crippen LogP contribution is -2.43. The van der Waals surface area contributed by atoms with E-state index in [4.69, 9.17) is 16.3 Å². The second-order valence-corrected chi connectivity index (χ2v) is 5.13. The predicted octanol–water partition coefficient (Wildman–Crippen LogP) is 2.45. The molecule has 0 bridgehead atoms. The summed E-state index contributed by atoms with van der Waals surface area (Å²) in [5, 5.41) is 1.69. The third-order valence-corrected chi connectivity index (χ3v) is 3.65. The Labute approximate surface area is 111 Å². The molecule has 0 aromatic carbocycles. The zero-order valence-electron chi connectivity index (χ0n) is 10.6. The van der Waals surface area contributed by atoms with Crippen LogP contribution in [0.15, 0.2) is 18.3 Å². The summed E-state index contributed by atoms with van der Waals surface area (Å²) in [5.41, 5.74) is 2.08. The average Bonchev–Trinajstić information content (AvgIpc) is 2.71. The van der Waals surface area contributed by atoms with Crippen molar-refractivity contribution in [1.29, 1.82) is 0 Å². The zero-order chi connectivity index (χ0) is 12.7. The van der Waals surface area contributed by atoms with Gasteiger partial charge in [0.2, 0.25) is 0 Å². The van der Waals surface area contributed by atoms with Gasteiger partial charge in [-0.05, 0) is 19.1 Å². The summed E-state index contributed by atoms with van der Waals surface area (Å²) in [4.78, 5) is 6.73. The Kier molecular flexibility index (Phi) is 2.92. The first-order valence-electron chi connectivity index (χ1n) is 6.13. The summed E-state index contributed by atoms with van der Waals surface area (Å²) in [6.07, 6.45) is 2.02. The number of rotatable bonds is 1. The molecule has 0 aliphatic carbocycles. The predicted molar refractivity (Wildman–Crippen MR) is 73.4 cm³/mol. The summed E-state index contributed by atoms with van der Waals surface area (Å²) in [7, 11) is 1.98. The van der Waals surface area contributed by atoms with E-state index in [1.807, 2.05) is 23.9 Å². The fourth-order valence-corrected chi connectivity index (χ4v) is 2.69. The van der Waals surface area contributed by atoms with Gasteiger partial charge in [0, 0.05) is 31.2 Å². The quantitative estimate of drug-likeness (QED) is 0.742. The maximum atomic E-state index is 6.14. The van der Waals surface area contributed by atoms with Crippen molar-refractivity contribution >= 4 is 28.3 Å². The summed E-state index contributed by atoms with van der Waals surface area (Å²) in [5.74, 6) is 0. The number of hydrogen-bond acceptors (Lipinski definition) is 3. The van der Waals surface area contributed by atoms with Crippen LogP contribution < -0.4 is 4.90 Å². The SMILES string of the molecule is C[C@@H]1COCCN1c1cc(Cl)nc2c1ccn2C. The molecule has 3 heterocycles. The normalized spacial score (nSPS) is 20.6. The molecule has 0 amide bonds. The van der Waals surface area contributed by atoms with Crippen LogP contribution in [-0.4, -0.2) is 35.4 Å². The molecule has 1 saturated heterocycles. The molecular formula is C13H16ClN3O. The van der Waals surface area contributed by atoms with Crippen LogP contribution in [0.2, 0.25) is 5.15 Å². The van der Waals surface area contributed by atoms with E-state index in [9.17, 15) is 0 Å². The molecule has 0 unspecified atom stereocenters. The van der Waals surface area contributed by atoms with Crippen molar-refractivity contribution in [1.82, 2.24) is 9.55 Å². The van der Waals surface area contributed by atoms with E-state index >= 15 is 0 Å². The highest BCUT2D eigenvalue weighted by molar-refractivity contribution is 6.30. The number of pyridine rings is 1. The van der Waals surface area contributed by atoms with Crippen LogP contribution in [0, 0.1) is 0 Å². The summed E-state index contributed by atoms with van der Waals surface area (Å²) in [6.45, 7) is 4.58. The Morgan fingerprint density at radius 1 is 1.50 bits per heavy atom. The van der Waals surface area contributed by atoms with Crippen molar-refractivity contribution < 1.29 is 4.74 Å². The fraction of sp³-hybridized carbons (Fsp3) is 0.462. The standard InChI is InChI=1S/C13H16ClN3O/c1-9-8-18-6-5-17(9)11-7-12(14)15-13-10(11)3-4-16(13)2/h3-4,7,9H,5-6,8H2,1-2H3/t9-/m1/s1. The van der Waals surface area contributed by atoms with Crippen molar-refractivity contribution in [2.45, 2.75) is 13.0 Å². The molecular weight excluding hydrogens is 250 g/mol. The number of aryl methyl sites for hydroxylation is 1. The van der Waals surface area contributed by atoms with Gasteiger partial charge in [0.25, 0.3) is 0 Å². The summed E-state index contributed by atoms with van der Waals surface area (Å²) >= 11 is 6.14. The van der Waals surface area contributed by atoms with E-state index in [1.165, 1.54) is 0 Å². The first-order chi connectivity index (χ1) is 8.66. The van der Waals surface area contributed by atoms with Gasteiger partial charge in [-0.3, -0.25) is 0 Å². The molecule has 96 valence electrons. The Balaban J connectivity index is 2.15. The van der Waals surface area contributed by atoms with Gasteiger partial charge < -0.3 is 14.2 Å². The minimum Gasteiger partial charge on any atom is -0.377 e. The van der Waals surface area contributed by atoms with Crippen LogP contribution in [0.25, 0.3) is 11.0 Å². The second-order valence-electron chi connectivity index (χ2n) is 4.75.